The van der Waals surface area contributed by atoms with Gasteiger partial charge in [-0.05, 0) is 19.9 Å². The minimum absolute atomic E-state index is 0.0994. The van der Waals surface area contributed by atoms with Crippen LogP contribution >= 0.6 is 0 Å². The van der Waals surface area contributed by atoms with Crippen LogP contribution in [0.5, 0.6) is 0 Å². The largest absolute Gasteiger partial charge is 0.374 e. The molecular formula is C14H27N5O. The maximum absolute atomic E-state index is 5.91. The Morgan fingerprint density at radius 1 is 1.55 bits per heavy atom. The minimum Gasteiger partial charge on any atom is -0.374 e. The van der Waals surface area contributed by atoms with E-state index in [9.17, 15) is 0 Å². The fraction of sp³-hybridized carbons (Fsp3) is 0.786. The summed E-state index contributed by atoms with van der Waals surface area (Å²) in [6.07, 6.45) is 5.95. The first-order valence-electron chi connectivity index (χ1n) is 7.58. The zero-order valence-electron chi connectivity index (χ0n) is 12.6. The molecule has 0 saturated carbocycles. The number of aryl methyl sites for hydroxylation is 1. The summed E-state index contributed by atoms with van der Waals surface area (Å²) in [6.45, 7) is 9.13. The summed E-state index contributed by atoms with van der Waals surface area (Å²) in [5, 5.41) is 0. The standard InChI is InChI=1S/C14H27N5O/c1-3-6-18-8-9-20-13(11-18)12(17-15)10-14-16-5-7-19(14)4-2/h5,7,12-13,17H,3-4,6,8-11,15H2,1-2H3. The summed E-state index contributed by atoms with van der Waals surface area (Å²) in [4.78, 5) is 6.87. The maximum atomic E-state index is 5.91. The van der Waals surface area contributed by atoms with E-state index in [4.69, 9.17) is 10.6 Å². The Morgan fingerprint density at radius 2 is 2.40 bits per heavy atom. The van der Waals surface area contributed by atoms with Crippen molar-refractivity contribution in [3.05, 3.63) is 18.2 Å². The minimum atomic E-state index is 0.0994. The Kier molecular flexibility index (Phi) is 5.97. The highest BCUT2D eigenvalue weighted by Gasteiger charge is 2.28. The van der Waals surface area contributed by atoms with Crippen LogP contribution in [0.4, 0.5) is 0 Å². The second-order valence-corrected chi connectivity index (χ2v) is 5.32. The van der Waals surface area contributed by atoms with Crippen molar-refractivity contribution in [1.82, 2.24) is 19.9 Å². The highest BCUT2D eigenvalue weighted by atomic mass is 16.5. The van der Waals surface area contributed by atoms with E-state index in [1.54, 1.807) is 0 Å². The number of imidazole rings is 1. The predicted octanol–water partition coefficient (Wildman–Crippen LogP) is 0.388. The number of nitrogens with one attached hydrogen (secondary N) is 1. The molecule has 0 aromatic carbocycles. The second kappa shape index (κ2) is 7.73. The van der Waals surface area contributed by atoms with Crippen LogP contribution in [0.25, 0.3) is 0 Å². The number of ether oxygens (including phenoxy) is 1. The van der Waals surface area contributed by atoms with Gasteiger partial charge >= 0.3 is 0 Å². The summed E-state index contributed by atoms with van der Waals surface area (Å²) in [5.74, 6) is 6.81. The third-order valence-electron chi connectivity index (χ3n) is 3.93. The topological polar surface area (TPSA) is 68.3 Å². The molecule has 0 bridgehead atoms. The van der Waals surface area contributed by atoms with E-state index < -0.39 is 0 Å². The first kappa shape index (κ1) is 15.4. The van der Waals surface area contributed by atoms with Crippen molar-refractivity contribution >= 4 is 0 Å². The van der Waals surface area contributed by atoms with Crippen molar-refractivity contribution < 1.29 is 4.74 Å². The van der Waals surface area contributed by atoms with Gasteiger partial charge in [-0.2, -0.15) is 0 Å². The van der Waals surface area contributed by atoms with Gasteiger partial charge in [0.05, 0.1) is 18.8 Å². The van der Waals surface area contributed by atoms with E-state index in [0.29, 0.717) is 0 Å². The monoisotopic (exact) mass is 281 g/mol. The van der Waals surface area contributed by atoms with Crippen molar-refractivity contribution in [2.24, 2.45) is 5.84 Å². The quantitative estimate of drug-likeness (QED) is 0.559. The van der Waals surface area contributed by atoms with Crippen LogP contribution in [0.15, 0.2) is 12.4 Å². The van der Waals surface area contributed by atoms with Gasteiger partial charge in [-0.1, -0.05) is 6.92 Å². The number of morpholine rings is 1. The highest BCUT2D eigenvalue weighted by Crippen LogP contribution is 2.13. The van der Waals surface area contributed by atoms with Crippen LogP contribution < -0.4 is 11.3 Å². The molecule has 1 saturated heterocycles. The Balaban J connectivity index is 1.97. The summed E-state index contributed by atoms with van der Waals surface area (Å²) in [5.41, 5.74) is 2.92. The van der Waals surface area contributed by atoms with E-state index in [1.807, 2.05) is 12.4 Å². The Morgan fingerprint density at radius 3 is 3.10 bits per heavy atom. The molecule has 2 unspecified atom stereocenters. The van der Waals surface area contributed by atoms with Crippen molar-refractivity contribution in [3.63, 3.8) is 0 Å². The molecule has 114 valence electrons. The normalized spacial score (nSPS) is 22.1. The lowest BCUT2D eigenvalue weighted by Gasteiger charge is -2.36. The lowest BCUT2D eigenvalue weighted by atomic mass is 10.1. The molecule has 0 radical (unpaired) electrons. The Bertz CT molecular complexity index is 393. The Hall–Kier alpha value is -0.950. The van der Waals surface area contributed by atoms with Crippen molar-refractivity contribution in [2.45, 2.75) is 45.4 Å². The molecule has 1 aliphatic rings. The Labute approximate surface area is 121 Å². The molecule has 2 atom stereocenters. The molecule has 20 heavy (non-hydrogen) atoms. The van der Waals surface area contributed by atoms with Gasteiger partial charge in [0, 0.05) is 38.4 Å². The molecule has 2 rings (SSSR count). The van der Waals surface area contributed by atoms with E-state index in [0.717, 1.165) is 45.0 Å². The summed E-state index contributed by atoms with van der Waals surface area (Å²) in [7, 11) is 0. The lowest BCUT2D eigenvalue weighted by molar-refractivity contribution is -0.0466. The third-order valence-corrected chi connectivity index (χ3v) is 3.93. The van der Waals surface area contributed by atoms with Gasteiger partial charge in [-0.25, -0.2) is 4.98 Å². The average Bonchev–Trinajstić information content (AvgIpc) is 2.92. The first-order valence-corrected chi connectivity index (χ1v) is 7.58. The van der Waals surface area contributed by atoms with E-state index in [-0.39, 0.29) is 12.1 Å². The molecule has 2 heterocycles. The molecule has 0 aliphatic carbocycles. The van der Waals surface area contributed by atoms with E-state index >= 15 is 0 Å². The molecule has 1 aliphatic heterocycles. The van der Waals surface area contributed by atoms with Crippen LogP contribution in [0, 0.1) is 0 Å². The number of nitrogens with two attached hydrogens (primary N) is 1. The van der Waals surface area contributed by atoms with Crippen LogP contribution in [0.2, 0.25) is 0 Å². The van der Waals surface area contributed by atoms with Gasteiger partial charge in [-0.3, -0.25) is 16.2 Å². The summed E-state index contributed by atoms with van der Waals surface area (Å²) in [6, 6.07) is 0.0994. The van der Waals surface area contributed by atoms with Crippen molar-refractivity contribution in [3.8, 4) is 0 Å². The maximum Gasteiger partial charge on any atom is 0.110 e. The van der Waals surface area contributed by atoms with Crippen LogP contribution in [0.1, 0.15) is 26.1 Å². The number of rotatable bonds is 7. The van der Waals surface area contributed by atoms with Gasteiger partial charge in [0.25, 0.3) is 0 Å². The number of hydrogen-bond donors (Lipinski definition) is 2. The zero-order valence-corrected chi connectivity index (χ0v) is 12.6. The van der Waals surface area contributed by atoms with E-state index in [1.165, 1.54) is 6.42 Å². The summed E-state index contributed by atoms with van der Waals surface area (Å²) >= 11 is 0. The molecular weight excluding hydrogens is 254 g/mol. The van der Waals surface area contributed by atoms with Gasteiger partial charge in [0.1, 0.15) is 5.82 Å². The van der Waals surface area contributed by atoms with E-state index in [2.05, 4.69) is 33.7 Å². The van der Waals surface area contributed by atoms with Gasteiger partial charge < -0.3 is 9.30 Å². The fourth-order valence-corrected chi connectivity index (χ4v) is 2.81. The molecule has 1 fully saturated rings. The smallest absolute Gasteiger partial charge is 0.110 e. The van der Waals surface area contributed by atoms with Crippen molar-refractivity contribution in [2.75, 3.05) is 26.2 Å². The number of aromatic nitrogens is 2. The zero-order chi connectivity index (χ0) is 14.4. The van der Waals surface area contributed by atoms with Crippen LogP contribution in [-0.2, 0) is 17.7 Å². The van der Waals surface area contributed by atoms with Gasteiger partial charge in [0.2, 0.25) is 0 Å². The lowest BCUT2D eigenvalue weighted by Crippen LogP contribution is -2.55. The first-order chi connectivity index (χ1) is 9.78. The molecule has 1 aromatic rings. The second-order valence-electron chi connectivity index (χ2n) is 5.32. The molecule has 1 aromatic heterocycles. The number of nitrogens with zero attached hydrogens (tertiary/aromatic N) is 3. The third kappa shape index (κ3) is 3.79. The number of hydrazine groups is 1. The fourth-order valence-electron chi connectivity index (χ4n) is 2.81. The molecule has 6 nitrogen and oxygen atoms in total. The molecule has 0 amide bonds. The predicted molar refractivity (Wildman–Crippen MR) is 79.2 cm³/mol. The van der Waals surface area contributed by atoms with Gasteiger partial charge in [-0.15, -0.1) is 0 Å². The SMILES string of the molecule is CCCN1CCOC(C(Cc2nccn2CC)NN)C1. The van der Waals surface area contributed by atoms with Crippen LogP contribution in [-0.4, -0.2) is 52.8 Å². The molecule has 0 spiro atoms. The number of hydrogen-bond acceptors (Lipinski definition) is 5. The molecule has 3 N–H and O–H groups in total. The van der Waals surface area contributed by atoms with Gasteiger partial charge in [0.15, 0.2) is 0 Å². The summed E-state index contributed by atoms with van der Waals surface area (Å²) < 4.78 is 8.06. The van der Waals surface area contributed by atoms with Crippen molar-refractivity contribution in [1.29, 1.82) is 0 Å². The highest BCUT2D eigenvalue weighted by molar-refractivity contribution is 4.98. The molecule has 6 heteroatoms. The average molecular weight is 281 g/mol. The van der Waals surface area contributed by atoms with Crippen LogP contribution in [0.3, 0.4) is 0 Å².